The van der Waals surface area contributed by atoms with Crippen molar-refractivity contribution in [1.29, 1.82) is 0 Å². The van der Waals surface area contributed by atoms with Crippen LogP contribution in [0.25, 0.3) is 21.7 Å². The van der Waals surface area contributed by atoms with Crippen molar-refractivity contribution in [2.24, 2.45) is 11.7 Å². The zero-order chi connectivity index (χ0) is 15.0. The van der Waals surface area contributed by atoms with Gasteiger partial charge in [0.15, 0.2) is 5.82 Å². The quantitative estimate of drug-likeness (QED) is 0.785. The minimum Gasteiger partial charge on any atom is -0.326 e. The number of thiophene rings is 1. The molecule has 0 atom stereocenters. The van der Waals surface area contributed by atoms with Gasteiger partial charge in [-0.15, -0.1) is 11.3 Å². The molecule has 3 aromatic rings. The molecule has 3 rings (SSSR count). The lowest BCUT2D eigenvalue weighted by atomic mass is 10.2. The van der Waals surface area contributed by atoms with E-state index in [4.69, 9.17) is 10.7 Å². The van der Waals surface area contributed by atoms with E-state index in [0.29, 0.717) is 12.5 Å². The van der Waals surface area contributed by atoms with Gasteiger partial charge in [-0.3, -0.25) is 0 Å². The zero-order valence-electron chi connectivity index (χ0n) is 12.8. The lowest BCUT2D eigenvalue weighted by molar-refractivity contribution is 0.537. The average molecular weight is 299 g/mol. The van der Waals surface area contributed by atoms with Gasteiger partial charge < -0.3 is 10.3 Å². The number of hydrogen-bond donors (Lipinski definition) is 1. The second kappa shape index (κ2) is 5.62. The van der Waals surface area contributed by atoms with E-state index in [0.717, 1.165) is 23.4 Å². The summed E-state index contributed by atoms with van der Waals surface area (Å²) in [6.45, 7) is 8.15. The van der Waals surface area contributed by atoms with Crippen LogP contribution in [0.15, 0.2) is 30.3 Å². The Labute approximate surface area is 129 Å². The third-order valence-corrected chi connectivity index (χ3v) is 4.55. The van der Waals surface area contributed by atoms with Gasteiger partial charge >= 0.3 is 0 Å². The first kappa shape index (κ1) is 14.3. The fourth-order valence-electron chi connectivity index (χ4n) is 2.60. The summed E-state index contributed by atoms with van der Waals surface area (Å²) in [5.41, 5.74) is 9.12. The molecule has 0 spiro atoms. The van der Waals surface area contributed by atoms with Crippen molar-refractivity contribution >= 4 is 22.4 Å². The van der Waals surface area contributed by atoms with Crippen molar-refractivity contribution in [1.82, 2.24) is 9.55 Å². The van der Waals surface area contributed by atoms with Gasteiger partial charge in [0.2, 0.25) is 0 Å². The number of hydrogen-bond acceptors (Lipinski definition) is 3. The SMILES string of the molecule is Cc1ccc(-c2nc3cc(CN)ccc3n2CC(C)C)s1. The van der Waals surface area contributed by atoms with Gasteiger partial charge in [-0.25, -0.2) is 4.98 Å². The van der Waals surface area contributed by atoms with Crippen LogP contribution in [0, 0.1) is 12.8 Å². The summed E-state index contributed by atoms with van der Waals surface area (Å²) in [6, 6.07) is 10.7. The minimum absolute atomic E-state index is 0.556. The smallest absolute Gasteiger partial charge is 0.151 e. The Morgan fingerprint density at radius 3 is 2.67 bits per heavy atom. The van der Waals surface area contributed by atoms with Crippen LogP contribution in [-0.2, 0) is 13.1 Å². The molecule has 0 fully saturated rings. The summed E-state index contributed by atoms with van der Waals surface area (Å²) >= 11 is 1.80. The number of aromatic nitrogens is 2. The fraction of sp³-hybridized carbons (Fsp3) is 0.353. The Morgan fingerprint density at radius 2 is 2.05 bits per heavy atom. The highest BCUT2D eigenvalue weighted by Crippen LogP contribution is 2.31. The van der Waals surface area contributed by atoms with E-state index in [9.17, 15) is 0 Å². The molecule has 110 valence electrons. The molecule has 0 saturated carbocycles. The van der Waals surface area contributed by atoms with Gasteiger partial charge in [-0.1, -0.05) is 19.9 Å². The zero-order valence-corrected chi connectivity index (χ0v) is 13.6. The monoisotopic (exact) mass is 299 g/mol. The molecule has 2 N–H and O–H groups in total. The molecule has 0 amide bonds. The van der Waals surface area contributed by atoms with Crippen LogP contribution < -0.4 is 5.73 Å². The van der Waals surface area contributed by atoms with E-state index in [2.05, 4.69) is 55.7 Å². The number of rotatable bonds is 4. The summed E-state index contributed by atoms with van der Waals surface area (Å²) in [6.07, 6.45) is 0. The first-order valence-corrected chi connectivity index (χ1v) is 8.16. The highest BCUT2D eigenvalue weighted by atomic mass is 32.1. The van der Waals surface area contributed by atoms with Gasteiger partial charge in [-0.2, -0.15) is 0 Å². The van der Waals surface area contributed by atoms with Gasteiger partial charge in [0.05, 0.1) is 15.9 Å². The highest BCUT2D eigenvalue weighted by Gasteiger charge is 2.15. The van der Waals surface area contributed by atoms with Gasteiger partial charge in [0.25, 0.3) is 0 Å². The van der Waals surface area contributed by atoms with Gasteiger partial charge in [0, 0.05) is 18.0 Å². The third kappa shape index (κ3) is 2.74. The Kier molecular flexibility index (Phi) is 3.83. The molecule has 2 heterocycles. The Bertz CT molecular complexity index is 768. The molecular formula is C17H21N3S. The number of nitrogens with two attached hydrogens (primary N) is 1. The molecule has 2 aromatic heterocycles. The lowest BCUT2D eigenvalue weighted by Crippen LogP contribution is -2.05. The predicted octanol–water partition coefficient (Wildman–Crippen LogP) is 4.19. The first-order valence-electron chi connectivity index (χ1n) is 7.34. The minimum atomic E-state index is 0.556. The molecule has 4 heteroatoms. The van der Waals surface area contributed by atoms with E-state index in [1.165, 1.54) is 15.3 Å². The van der Waals surface area contributed by atoms with E-state index in [1.807, 2.05) is 0 Å². The Hall–Kier alpha value is -1.65. The Balaban J connectivity index is 2.21. The van der Waals surface area contributed by atoms with Crippen molar-refractivity contribution in [2.75, 3.05) is 0 Å². The molecule has 3 nitrogen and oxygen atoms in total. The number of nitrogens with zero attached hydrogens (tertiary/aromatic N) is 2. The summed E-state index contributed by atoms with van der Waals surface area (Å²) in [5, 5.41) is 0. The van der Waals surface area contributed by atoms with Crippen LogP contribution in [0.4, 0.5) is 0 Å². The van der Waals surface area contributed by atoms with Crippen LogP contribution in [0.5, 0.6) is 0 Å². The first-order chi connectivity index (χ1) is 10.1. The van der Waals surface area contributed by atoms with E-state index in [1.54, 1.807) is 11.3 Å². The van der Waals surface area contributed by atoms with Crippen LogP contribution in [0.1, 0.15) is 24.3 Å². The summed E-state index contributed by atoms with van der Waals surface area (Å²) in [4.78, 5) is 7.43. The second-order valence-electron chi connectivity index (χ2n) is 5.88. The molecule has 0 aliphatic carbocycles. The number of fused-ring (bicyclic) bond motifs is 1. The van der Waals surface area contributed by atoms with Crippen LogP contribution in [-0.4, -0.2) is 9.55 Å². The molecule has 0 aliphatic heterocycles. The van der Waals surface area contributed by atoms with E-state index in [-0.39, 0.29) is 0 Å². The molecule has 21 heavy (non-hydrogen) atoms. The number of benzene rings is 1. The molecule has 0 saturated heterocycles. The molecule has 0 bridgehead atoms. The summed E-state index contributed by atoms with van der Waals surface area (Å²) < 4.78 is 2.34. The molecule has 0 radical (unpaired) electrons. The third-order valence-electron chi connectivity index (χ3n) is 3.56. The standard InChI is InChI=1S/C17H21N3S/c1-11(2)10-20-15-6-5-13(9-18)8-14(15)19-17(20)16-7-4-12(3)21-16/h4-8,11H,9-10,18H2,1-3H3. The Morgan fingerprint density at radius 1 is 1.24 bits per heavy atom. The van der Waals surface area contributed by atoms with Gasteiger partial charge in [0.1, 0.15) is 0 Å². The predicted molar refractivity (Wildman–Crippen MR) is 90.5 cm³/mol. The van der Waals surface area contributed by atoms with Gasteiger partial charge in [-0.05, 0) is 42.7 Å². The lowest BCUT2D eigenvalue weighted by Gasteiger charge is -2.11. The highest BCUT2D eigenvalue weighted by molar-refractivity contribution is 7.15. The maximum absolute atomic E-state index is 5.75. The molecular weight excluding hydrogens is 278 g/mol. The summed E-state index contributed by atoms with van der Waals surface area (Å²) in [5.74, 6) is 1.65. The van der Waals surface area contributed by atoms with Crippen molar-refractivity contribution in [3.05, 3.63) is 40.8 Å². The molecule has 0 unspecified atom stereocenters. The molecule has 1 aromatic carbocycles. The van der Waals surface area contributed by atoms with Crippen molar-refractivity contribution in [3.8, 4) is 10.7 Å². The topological polar surface area (TPSA) is 43.8 Å². The second-order valence-corrected chi connectivity index (χ2v) is 7.17. The maximum atomic E-state index is 5.75. The van der Waals surface area contributed by atoms with Crippen molar-refractivity contribution < 1.29 is 0 Å². The average Bonchev–Trinajstić information content (AvgIpc) is 3.02. The largest absolute Gasteiger partial charge is 0.326 e. The maximum Gasteiger partial charge on any atom is 0.151 e. The van der Waals surface area contributed by atoms with Crippen LogP contribution in [0.2, 0.25) is 0 Å². The van der Waals surface area contributed by atoms with Crippen molar-refractivity contribution in [2.45, 2.75) is 33.9 Å². The fourth-order valence-corrected chi connectivity index (χ4v) is 3.46. The van der Waals surface area contributed by atoms with Crippen LogP contribution >= 0.6 is 11.3 Å². The molecule has 0 aliphatic rings. The van der Waals surface area contributed by atoms with Crippen LogP contribution in [0.3, 0.4) is 0 Å². The van der Waals surface area contributed by atoms with E-state index < -0.39 is 0 Å². The summed E-state index contributed by atoms with van der Waals surface area (Å²) in [7, 11) is 0. The van der Waals surface area contributed by atoms with E-state index >= 15 is 0 Å². The number of imidazole rings is 1. The van der Waals surface area contributed by atoms with Crippen molar-refractivity contribution in [3.63, 3.8) is 0 Å². The number of aryl methyl sites for hydroxylation is 1. The normalized spacial score (nSPS) is 11.7.